The van der Waals surface area contributed by atoms with Crippen molar-refractivity contribution >= 4 is 18.3 Å². The molecule has 0 radical (unpaired) electrons. The minimum Gasteiger partial charge on any atom is -0.381 e. The first-order valence-corrected chi connectivity index (χ1v) is 9.04. The van der Waals surface area contributed by atoms with Gasteiger partial charge in [-0.25, -0.2) is 0 Å². The van der Waals surface area contributed by atoms with Crippen LogP contribution in [0, 0.1) is 0 Å². The Morgan fingerprint density at radius 2 is 1.70 bits per heavy atom. The summed E-state index contributed by atoms with van der Waals surface area (Å²) >= 11 is 0. The molecule has 2 rings (SSSR count). The zero-order valence-corrected chi connectivity index (χ0v) is 15.0. The van der Waals surface area contributed by atoms with Gasteiger partial charge in [0.25, 0.3) is 0 Å². The molecule has 1 aliphatic carbocycles. The predicted octanol–water partition coefficient (Wildman–Crippen LogP) is 2.42. The lowest BCUT2D eigenvalue weighted by Crippen LogP contribution is -2.37. The van der Waals surface area contributed by atoms with Crippen molar-refractivity contribution in [2.24, 2.45) is 0 Å². The summed E-state index contributed by atoms with van der Waals surface area (Å²) < 4.78 is 11.0. The Morgan fingerprint density at radius 1 is 1.00 bits per heavy atom. The molecule has 0 atom stereocenters. The highest BCUT2D eigenvalue weighted by atomic mass is 35.5. The Balaban J connectivity index is 0.00000264. The van der Waals surface area contributed by atoms with Crippen molar-refractivity contribution in [3.8, 4) is 0 Å². The number of carbonyl (C=O) groups is 1. The van der Waals surface area contributed by atoms with Crippen molar-refractivity contribution in [3.05, 3.63) is 0 Å². The lowest BCUT2D eigenvalue weighted by atomic mass is 10.1. The third-order valence-electron chi connectivity index (χ3n) is 4.59. The standard InChI is InChI=1S/C17H32N2O3.ClH/c20-17(9-14-22-16-7-12-21-13-8-16)19-11-10-18-15-5-3-1-2-4-6-15;/h15-16,18H,1-14H2,(H,19,20);1H. The zero-order valence-electron chi connectivity index (χ0n) is 14.2. The SMILES string of the molecule is Cl.O=C(CCOC1CCOCC1)NCCNC1CCCCCC1. The van der Waals surface area contributed by atoms with Crippen LogP contribution in [0.4, 0.5) is 0 Å². The fourth-order valence-electron chi connectivity index (χ4n) is 3.21. The first kappa shape index (κ1) is 20.7. The lowest BCUT2D eigenvalue weighted by molar-refractivity contribution is -0.123. The van der Waals surface area contributed by atoms with E-state index in [2.05, 4.69) is 10.6 Å². The number of ether oxygens (including phenoxy) is 2. The Labute approximate surface area is 146 Å². The quantitative estimate of drug-likeness (QED) is 0.522. The number of amides is 1. The average Bonchev–Trinajstić information content (AvgIpc) is 2.81. The van der Waals surface area contributed by atoms with Crippen molar-refractivity contribution in [2.45, 2.75) is 69.9 Å². The summed E-state index contributed by atoms with van der Waals surface area (Å²) in [7, 11) is 0. The van der Waals surface area contributed by atoms with Crippen molar-refractivity contribution in [1.29, 1.82) is 0 Å². The highest BCUT2D eigenvalue weighted by molar-refractivity contribution is 5.85. The van der Waals surface area contributed by atoms with Gasteiger partial charge >= 0.3 is 0 Å². The Morgan fingerprint density at radius 3 is 2.39 bits per heavy atom. The highest BCUT2D eigenvalue weighted by Crippen LogP contribution is 2.16. The largest absolute Gasteiger partial charge is 0.381 e. The van der Waals surface area contributed by atoms with E-state index < -0.39 is 0 Å². The summed E-state index contributed by atoms with van der Waals surface area (Å²) in [6.45, 7) is 3.67. The molecule has 1 saturated heterocycles. The van der Waals surface area contributed by atoms with Crippen LogP contribution in [-0.4, -0.2) is 51.0 Å². The topological polar surface area (TPSA) is 59.6 Å². The predicted molar refractivity (Wildman–Crippen MR) is 94.2 cm³/mol. The second-order valence-electron chi connectivity index (χ2n) is 6.43. The molecule has 2 N–H and O–H groups in total. The van der Waals surface area contributed by atoms with Crippen LogP contribution in [0.25, 0.3) is 0 Å². The molecule has 0 aromatic heterocycles. The molecule has 136 valence electrons. The Kier molecular flexibility index (Phi) is 11.7. The maximum absolute atomic E-state index is 11.7. The minimum absolute atomic E-state index is 0. The van der Waals surface area contributed by atoms with E-state index in [1.54, 1.807) is 0 Å². The fourth-order valence-corrected chi connectivity index (χ4v) is 3.21. The van der Waals surface area contributed by atoms with E-state index in [0.717, 1.165) is 32.6 Å². The second-order valence-corrected chi connectivity index (χ2v) is 6.43. The number of carbonyl (C=O) groups excluding carboxylic acids is 1. The molecule has 23 heavy (non-hydrogen) atoms. The molecule has 0 aromatic carbocycles. The van der Waals surface area contributed by atoms with Crippen molar-refractivity contribution < 1.29 is 14.3 Å². The molecule has 0 bridgehead atoms. The van der Waals surface area contributed by atoms with Crippen LogP contribution >= 0.6 is 12.4 Å². The third-order valence-corrected chi connectivity index (χ3v) is 4.59. The summed E-state index contributed by atoms with van der Waals surface area (Å²) in [6.07, 6.45) is 10.6. The van der Waals surface area contributed by atoms with E-state index in [-0.39, 0.29) is 24.4 Å². The molecule has 2 fully saturated rings. The molecule has 0 spiro atoms. The molecule has 1 saturated carbocycles. The monoisotopic (exact) mass is 348 g/mol. The van der Waals surface area contributed by atoms with Crippen LogP contribution in [0.1, 0.15) is 57.8 Å². The summed E-state index contributed by atoms with van der Waals surface area (Å²) in [5, 5.41) is 6.53. The summed E-state index contributed by atoms with van der Waals surface area (Å²) in [4.78, 5) is 11.7. The van der Waals surface area contributed by atoms with Crippen LogP contribution in [0.2, 0.25) is 0 Å². The van der Waals surface area contributed by atoms with E-state index >= 15 is 0 Å². The lowest BCUT2D eigenvalue weighted by Gasteiger charge is -2.22. The second kappa shape index (κ2) is 13.0. The van der Waals surface area contributed by atoms with Gasteiger partial charge in [0.05, 0.1) is 12.7 Å². The first-order valence-electron chi connectivity index (χ1n) is 9.04. The number of nitrogens with one attached hydrogen (secondary N) is 2. The molecular weight excluding hydrogens is 316 g/mol. The molecular formula is C17H33ClN2O3. The normalized spacial score (nSPS) is 20.5. The van der Waals surface area contributed by atoms with Gasteiger partial charge in [-0.15, -0.1) is 12.4 Å². The molecule has 0 unspecified atom stereocenters. The van der Waals surface area contributed by atoms with Crippen LogP contribution in [0.15, 0.2) is 0 Å². The molecule has 6 heteroatoms. The van der Waals surface area contributed by atoms with E-state index in [0.29, 0.717) is 25.6 Å². The van der Waals surface area contributed by atoms with E-state index in [1.807, 2.05) is 0 Å². The average molecular weight is 349 g/mol. The Hall–Kier alpha value is -0.360. The van der Waals surface area contributed by atoms with Gasteiger partial charge < -0.3 is 20.1 Å². The molecule has 1 amide bonds. The third kappa shape index (κ3) is 9.50. The smallest absolute Gasteiger partial charge is 0.222 e. The van der Waals surface area contributed by atoms with Gasteiger partial charge in [-0.05, 0) is 25.7 Å². The zero-order chi connectivity index (χ0) is 15.5. The van der Waals surface area contributed by atoms with E-state index in [1.165, 1.54) is 38.5 Å². The minimum atomic E-state index is 0. The molecule has 1 heterocycles. The van der Waals surface area contributed by atoms with Gasteiger partial charge in [-0.3, -0.25) is 4.79 Å². The number of halogens is 1. The molecule has 5 nitrogen and oxygen atoms in total. The van der Waals surface area contributed by atoms with Gasteiger partial charge in [0, 0.05) is 38.8 Å². The Bertz CT molecular complexity index is 304. The molecule has 2 aliphatic rings. The van der Waals surface area contributed by atoms with Crippen molar-refractivity contribution in [1.82, 2.24) is 10.6 Å². The van der Waals surface area contributed by atoms with Crippen LogP contribution < -0.4 is 10.6 Å². The van der Waals surface area contributed by atoms with Crippen molar-refractivity contribution in [2.75, 3.05) is 32.9 Å². The van der Waals surface area contributed by atoms with Gasteiger partial charge in [-0.1, -0.05) is 25.7 Å². The first-order chi connectivity index (χ1) is 10.8. The maximum Gasteiger partial charge on any atom is 0.222 e. The van der Waals surface area contributed by atoms with Gasteiger partial charge in [0.1, 0.15) is 0 Å². The number of rotatable bonds is 8. The highest BCUT2D eigenvalue weighted by Gasteiger charge is 2.14. The summed E-state index contributed by atoms with van der Waals surface area (Å²) in [6, 6.07) is 0.649. The summed E-state index contributed by atoms with van der Waals surface area (Å²) in [5.74, 6) is 0.0923. The number of hydrogen-bond donors (Lipinski definition) is 2. The molecule has 1 aliphatic heterocycles. The van der Waals surface area contributed by atoms with E-state index in [4.69, 9.17) is 9.47 Å². The number of hydrogen-bond acceptors (Lipinski definition) is 4. The fraction of sp³-hybridized carbons (Fsp3) is 0.941. The van der Waals surface area contributed by atoms with Gasteiger partial charge in [0.15, 0.2) is 0 Å². The summed E-state index contributed by atoms with van der Waals surface area (Å²) in [5.41, 5.74) is 0. The van der Waals surface area contributed by atoms with Crippen LogP contribution in [0.5, 0.6) is 0 Å². The van der Waals surface area contributed by atoms with Gasteiger partial charge in [0.2, 0.25) is 5.91 Å². The maximum atomic E-state index is 11.7. The van der Waals surface area contributed by atoms with Crippen molar-refractivity contribution in [3.63, 3.8) is 0 Å². The molecule has 0 aromatic rings. The van der Waals surface area contributed by atoms with E-state index in [9.17, 15) is 4.79 Å². The van der Waals surface area contributed by atoms with Crippen LogP contribution in [-0.2, 0) is 14.3 Å². The van der Waals surface area contributed by atoms with Crippen LogP contribution in [0.3, 0.4) is 0 Å². The van der Waals surface area contributed by atoms with Gasteiger partial charge in [-0.2, -0.15) is 0 Å².